The summed E-state index contributed by atoms with van der Waals surface area (Å²) >= 11 is 0. The molecule has 0 saturated carbocycles. The topological polar surface area (TPSA) is 38.3 Å². The van der Waals surface area contributed by atoms with Gasteiger partial charge in [0, 0.05) is 6.04 Å². The van der Waals surface area contributed by atoms with E-state index in [-0.39, 0.29) is 23.5 Å². The van der Waals surface area contributed by atoms with Crippen LogP contribution in [0.15, 0.2) is 0 Å². The molecule has 0 radical (unpaired) electrons. The highest BCUT2D eigenvalue weighted by atomic mass is 16.6. The molecule has 2 unspecified atom stereocenters. The van der Waals surface area contributed by atoms with Crippen molar-refractivity contribution in [3.8, 4) is 0 Å². The van der Waals surface area contributed by atoms with Crippen molar-refractivity contribution in [2.24, 2.45) is 5.41 Å². The molecule has 0 aromatic heterocycles. The standard InChI is InChI=1S/C13H27NO2/c1-9(11(15)16-13(6,7)8)14-10(2)12(3,4)5/h9-10,14H,1-8H3. The lowest BCUT2D eigenvalue weighted by atomic mass is 9.87. The summed E-state index contributed by atoms with van der Waals surface area (Å²) in [4.78, 5) is 11.7. The van der Waals surface area contributed by atoms with Crippen molar-refractivity contribution in [2.75, 3.05) is 0 Å². The van der Waals surface area contributed by atoms with E-state index in [1.165, 1.54) is 0 Å². The number of ether oxygens (including phenoxy) is 1. The minimum atomic E-state index is -0.419. The van der Waals surface area contributed by atoms with E-state index < -0.39 is 5.60 Å². The van der Waals surface area contributed by atoms with Crippen molar-refractivity contribution in [2.45, 2.75) is 73.1 Å². The molecular weight excluding hydrogens is 202 g/mol. The molecule has 0 aliphatic rings. The Morgan fingerprint density at radius 3 is 1.81 bits per heavy atom. The lowest BCUT2D eigenvalue weighted by Gasteiger charge is -2.31. The maximum Gasteiger partial charge on any atom is 0.323 e. The van der Waals surface area contributed by atoms with Crippen LogP contribution < -0.4 is 5.32 Å². The second-order valence-corrected chi connectivity index (χ2v) is 6.51. The van der Waals surface area contributed by atoms with E-state index in [2.05, 4.69) is 33.0 Å². The Morgan fingerprint density at radius 1 is 1.06 bits per heavy atom. The molecule has 16 heavy (non-hydrogen) atoms. The summed E-state index contributed by atoms with van der Waals surface area (Å²) in [6, 6.07) is -0.0107. The van der Waals surface area contributed by atoms with E-state index >= 15 is 0 Å². The predicted octanol–water partition coefficient (Wildman–Crippen LogP) is 2.74. The van der Waals surface area contributed by atoms with Gasteiger partial charge in [0.1, 0.15) is 11.6 Å². The smallest absolute Gasteiger partial charge is 0.323 e. The van der Waals surface area contributed by atoms with Crippen molar-refractivity contribution in [1.29, 1.82) is 0 Å². The van der Waals surface area contributed by atoms with Gasteiger partial charge in [-0.15, -0.1) is 0 Å². The SMILES string of the molecule is CC(NC(C)C(C)(C)C)C(=O)OC(C)(C)C. The van der Waals surface area contributed by atoms with Gasteiger partial charge in [-0.25, -0.2) is 0 Å². The van der Waals surface area contributed by atoms with Gasteiger partial charge in [0.05, 0.1) is 0 Å². The molecule has 0 amide bonds. The molecule has 2 atom stereocenters. The van der Waals surface area contributed by atoms with Gasteiger partial charge >= 0.3 is 5.97 Å². The molecule has 0 aliphatic heterocycles. The second-order valence-electron chi connectivity index (χ2n) is 6.51. The van der Waals surface area contributed by atoms with Gasteiger partial charge in [-0.1, -0.05) is 20.8 Å². The van der Waals surface area contributed by atoms with Crippen molar-refractivity contribution in [1.82, 2.24) is 5.32 Å². The van der Waals surface area contributed by atoms with E-state index in [9.17, 15) is 4.79 Å². The Balaban J connectivity index is 4.27. The van der Waals surface area contributed by atoms with Gasteiger partial charge < -0.3 is 10.1 Å². The number of carbonyl (C=O) groups is 1. The third-order valence-corrected chi connectivity index (χ3v) is 2.56. The molecule has 0 spiro atoms. The average Bonchev–Trinajstić information content (AvgIpc) is 1.98. The van der Waals surface area contributed by atoms with Crippen molar-refractivity contribution in [3.63, 3.8) is 0 Å². The molecule has 0 saturated heterocycles. The zero-order chi connectivity index (χ0) is 13.1. The Kier molecular flexibility index (Phi) is 4.99. The van der Waals surface area contributed by atoms with E-state index in [4.69, 9.17) is 4.74 Å². The number of carbonyl (C=O) groups excluding carboxylic acids is 1. The Bertz CT molecular complexity index is 235. The summed E-state index contributed by atoms with van der Waals surface area (Å²) < 4.78 is 5.31. The lowest BCUT2D eigenvalue weighted by molar-refractivity contribution is -0.157. The van der Waals surface area contributed by atoms with Gasteiger partial charge in [0.2, 0.25) is 0 Å². The maximum atomic E-state index is 11.7. The van der Waals surface area contributed by atoms with Crippen LogP contribution in [0.25, 0.3) is 0 Å². The summed E-state index contributed by atoms with van der Waals surface area (Å²) in [5.41, 5.74) is -0.283. The fraction of sp³-hybridized carbons (Fsp3) is 0.923. The maximum absolute atomic E-state index is 11.7. The van der Waals surface area contributed by atoms with Gasteiger partial charge in [-0.05, 0) is 40.0 Å². The van der Waals surface area contributed by atoms with Crippen LogP contribution in [0, 0.1) is 5.41 Å². The van der Waals surface area contributed by atoms with E-state index in [0.717, 1.165) is 0 Å². The minimum Gasteiger partial charge on any atom is -0.459 e. The first kappa shape index (κ1) is 15.4. The highest BCUT2D eigenvalue weighted by molar-refractivity contribution is 5.75. The molecule has 3 heteroatoms. The molecule has 1 N–H and O–H groups in total. The zero-order valence-electron chi connectivity index (χ0n) is 12.0. The first-order chi connectivity index (χ1) is 6.93. The van der Waals surface area contributed by atoms with Crippen LogP contribution >= 0.6 is 0 Å². The van der Waals surface area contributed by atoms with E-state index in [1.807, 2.05) is 27.7 Å². The number of hydrogen-bond acceptors (Lipinski definition) is 3. The Morgan fingerprint density at radius 2 is 1.50 bits per heavy atom. The summed E-state index contributed by atoms with van der Waals surface area (Å²) in [7, 11) is 0. The number of esters is 1. The molecule has 0 aromatic rings. The molecule has 3 nitrogen and oxygen atoms in total. The molecule has 0 bridgehead atoms. The molecule has 0 aliphatic carbocycles. The second kappa shape index (κ2) is 5.17. The molecule has 0 rings (SSSR count). The van der Waals surface area contributed by atoms with Gasteiger partial charge in [0.15, 0.2) is 0 Å². The highest BCUT2D eigenvalue weighted by Gasteiger charge is 2.26. The molecule has 0 fully saturated rings. The Hall–Kier alpha value is -0.570. The van der Waals surface area contributed by atoms with Crippen LogP contribution in [0.1, 0.15) is 55.4 Å². The van der Waals surface area contributed by atoms with Crippen LogP contribution in [0.3, 0.4) is 0 Å². The number of rotatable bonds is 3. The van der Waals surface area contributed by atoms with Gasteiger partial charge in [0.25, 0.3) is 0 Å². The van der Waals surface area contributed by atoms with Gasteiger partial charge in [-0.2, -0.15) is 0 Å². The molecule has 96 valence electrons. The zero-order valence-corrected chi connectivity index (χ0v) is 12.0. The third kappa shape index (κ3) is 6.11. The summed E-state index contributed by atoms with van der Waals surface area (Å²) in [5.74, 6) is -0.191. The van der Waals surface area contributed by atoms with Crippen LogP contribution in [-0.4, -0.2) is 23.7 Å². The average molecular weight is 229 g/mol. The summed E-state index contributed by atoms with van der Waals surface area (Å²) in [5, 5.41) is 3.27. The third-order valence-electron chi connectivity index (χ3n) is 2.56. The lowest BCUT2D eigenvalue weighted by Crippen LogP contribution is -2.47. The normalized spacial score (nSPS) is 16.8. The molecular formula is C13H27NO2. The number of hydrogen-bond donors (Lipinski definition) is 1. The van der Waals surface area contributed by atoms with Crippen LogP contribution in [0.4, 0.5) is 0 Å². The fourth-order valence-corrected chi connectivity index (χ4v) is 1.08. The highest BCUT2D eigenvalue weighted by Crippen LogP contribution is 2.19. The molecule has 0 heterocycles. The first-order valence-corrected chi connectivity index (χ1v) is 5.92. The molecule has 0 aromatic carbocycles. The minimum absolute atomic E-state index is 0.135. The van der Waals surface area contributed by atoms with Crippen LogP contribution in [-0.2, 0) is 9.53 Å². The summed E-state index contributed by atoms with van der Waals surface area (Å²) in [6.45, 7) is 16.0. The largest absolute Gasteiger partial charge is 0.459 e. The fourth-order valence-electron chi connectivity index (χ4n) is 1.08. The first-order valence-electron chi connectivity index (χ1n) is 5.92. The van der Waals surface area contributed by atoms with Crippen molar-refractivity contribution in [3.05, 3.63) is 0 Å². The van der Waals surface area contributed by atoms with Gasteiger partial charge in [-0.3, -0.25) is 4.79 Å². The van der Waals surface area contributed by atoms with E-state index in [1.54, 1.807) is 0 Å². The van der Waals surface area contributed by atoms with E-state index in [0.29, 0.717) is 0 Å². The van der Waals surface area contributed by atoms with Crippen molar-refractivity contribution >= 4 is 5.97 Å². The van der Waals surface area contributed by atoms with Crippen LogP contribution in [0.2, 0.25) is 0 Å². The predicted molar refractivity (Wildman–Crippen MR) is 67.4 cm³/mol. The quantitative estimate of drug-likeness (QED) is 0.756. The van der Waals surface area contributed by atoms with Crippen LogP contribution in [0.5, 0.6) is 0 Å². The van der Waals surface area contributed by atoms with Crippen molar-refractivity contribution < 1.29 is 9.53 Å². The Labute approximate surface area is 99.9 Å². The summed E-state index contributed by atoms with van der Waals surface area (Å²) in [6.07, 6.45) is 0. The number of nitrogens with one attached hydrogen (secondary N) is 1. The monoisotopic (exact) mass is 229 g/mol.